The van der Waals surface area contributed by atoms with E-state index in [2.05, 4.69) is 10.2 Å². The zero-order valence-corrected chi connectivity index (χ0v) is 8.14. The molecule has 0 saturated carbocycles. The molecular formula is C10H6F4N2. The average molecular weight is 230 g/mol. The van der Waals surface area contributed by atoms with E-state index < -0.39 is 17.6 Å². The van der Waals surface area contributed by atoms with E-state index in [0.29, 0.717) is 11.6 Å². The number of alkyl halides is 3. The molecule has 0 spiro atoms. The quantitative estimate of drug-likeness (QED) is 0.650. The van der Waals surface area contributed by atoms with Gasteiger partial charge >= 0.3 is 6.18 Å². The van der Waals surface area contributed by atoms with Crippen molar-refractivity contribution < 1.29 is 17.6 Å². The van der Waals surface area contributed by atoms with Crippen LogP contribution in [0.15, 0.2) is 18.3 Å². The van der Waals surface area contributed by atoms with Crippen molar-refractivity contribution in [1.29, 1.82) is 0 Å². The minimum Gasteiger partial charge on any atom is -0.207 e. The molecule has 0 amide bonds. The highest BCUT2D eigenvalue weighted by Crippen LogP contribution is 2.34. The molecule has 84 valence electrons. The SMILES string of the molecule is Cc1cnnc2c(C(F)(F)F)cc(F)cc12. The first-order valence-electron chi connectivity index (χ1n) is 4.38. The summed E-state index contributed by atoms with van der Waals surface area (Å²) in [6.07, 6.45) is -3.34. The lowest BCUT2D eigenvalue weighted by molar-refractivity contribution is -0.136. The zero-order valence-electron chi connectivity index (χ0n) is 8.14. The fourth-order valence-corrected chi connectivity index (χ4v) is 1.47. The summed E-state index contributed by atoms with van der Waals surface area (Å²) in [5.41, 5.74) is -0.970. The predicted molar refractivity (Wildman–Crippen MR) is 49.2 cm³/mol. The molecule has 0 aliphatic carbocycles. The van der Waals surface area contributed by atoms with Crippen LogP contribution in [0.2, 0.25) is 0 Å². The second kappa shape index (κ2) is 3.40. The van der Waals surface area contributed by atoms with Gasteiger partial charge in [-0.15, -0.1) is 5.10 Å². The molecule has 0 radical (unpaired) electrons. The second-order valence-electron chi connectivity index (χ2n) is 3.37. The van der Waals surface area contributed by atoms with Gasteiger partial charge < -0.3 is 0 Å². The van der Waals surface area contributed by atoms with Crippen LogP contribution in [0.4, 0.5) is 17.6 Å². The smallest absolute Gasteiger partial charge is 0.207 e. The van der Waals surface area contributed by atoms with Crippen molar-refractivity contribution in [1.82, 2.24) is 10.2 Å². The van der Waals surface area contributed by atoms with Crippen LogP contribution in [-0.2, 0) is 6.18 Å². The lowest BCUT2D eigenvalue weighted by Crippen LogP contribution is -2.08. The zero-order chi connectivity index (χ0) is 11.9. The molecule has 2 rings (SSSR count). The van der Waals surface area contributed by atoms with Crippen LogP contribution in [0, 0.1) is 12.7 Å². The topological polar surface area (TPSA) is 25.8 Å². The summed E-state index contributed by atoms with van der Waals surface area (Å²) in [7, 11) is 0. The molecule has 0 aliphatic heterocycles. The number of rotatable bonds is 0. The summed E-state index contributed by atoms with van der Waals surface area (Å²) < 4.78 is 50.8. The monoisotopic (exact) mass is 230 g/mol. The van der Waals surface area contributed by atoms with Gasteiger partial charge in [0.1, 0.15) is 11.3 Å². The molecule has 2 nitrogen and oxygen atoms in total. The van der Waals surface area contributed by atoms with Crippen molar-refractivity contribution in [3.8, 4) is 0 Å². The Morgan fingerprint density at radius 3 is 2.50 bits per heavy atom. The Hall–Kier alpha value is -1.72. The molecule has 0 atom stereocenters. The van der Waals surface area contributed by atoms with Gasteiger partial charge in [-0.1, -0.05) is 0 Å². The molecule has 0 unspecified atom stereocenters. The van der Waals surface area contributed by atoms with E-state index >= 15 is 0 Å². The van der Waals surface area contributed by atoms with Crippen LogP contribution in [0.3, 0.4) is 0 Å². The first-order valence-corrected chi connectivity index (χ1v) is 4.38. The van der Waals surface area contributed by atoms with Crippen LogP contribution in [0.5, 0.6) is 0 Å². The molecule has 16 heavy (non-hydrogen) atoms. The van der Waals surface area contributed by atoms with Crippen LogP contribution < -0.4 is 0 Å². The van der Waals surface area contributed by atoms with Crippen molar-refractivity contribution in [3.63, 3.8) is 0 Å². The molecule has 1 heterocycles. The maximum Gasteiger partial charge on any atom is 0.418 e. The van der Waals surface area contributed by atoms with Gasteiger partial charge in [0.15, 0.2) is 0 Å². The van der Waals surface area contributed by atoms with E-state index in [-0.39, 0.29) is 10.9 Å². The first-order chi connectivity index (χ1) is 7.39. The minimum absolute atomic E-state index is 0.127. The largest absolute Gasteiger partial charge is 0.418 e. The molecule has 0 bridgehead atoms. The molecule has 2 aromatic rings. The average Bonchev–Trinajstić information content (AvgIpc) is 2.17. The molecule has 0 aliphatic rings. The van der Waals surface area contributed by atoms with Gasteiger partial charge in [0.2, 0.25) is 0 Å². The lowest BCUT2D eigenvalue weighted by Gasteiger charge is -2.10. The third-order valence-electron chi connectivity index (χ3n) is 2.21. The summed E-state index contributed by atoms with van der Waals surface area (Å²) in [5.74, 6) is -0.934. The molecule has 1 aromatic heterocycles. The Balaban J connectivity index is 2.89. The Labute approximate surface area is 87.9 Å². The van der Waals surface area contributed by atoms with Gasteiger partial charge in [-0.2, -0.15) is 18.3 Å². The standard InChI is InChI=1S/C10H6F4N2/c1-5-4-15-16-9-7(5)2-6(11)3-8(9)10(12,13)14/h2-4H,1H3. The predicted octanol–water partition coefficient (Wildman–Crippen LogP) is 3.10. The number of fused-ring (bicyclic) bond motifs is 1. The van der Waals surface area contributed by atoms with Gasteiger partial charge in [0.25, 0.3) is 0 Å². The molecular weight excluding hydrogens is 224 g/mol. The summed E-state index contributed by atoms with van der Waals surface area (Å²) >= 11 is 0. The fourth-order valence-electron chi connectivity index (χ4n) is 1.47. The highest BCUT2D eigenvalue weighted by Gasteiger charge is 2.34. The van der Waals surface area contributed by atoms with Crippen molar-refractivity contribution in [2.24, 2.45) is 0 Å². The summed E-state index contributed by atoms with van der Waals surface area (Å²) in [5, 5.41) is 6.98. The van der Waals surface area contributed by atoms with Gasteiger partial charge in [-0.3, -0.25) is 0 Å². The van der Waals surface area contributed by atoms with Crippen molar-refractivity contribution in [2.45, 2.75) is 13.1 Å². The van der Waals surface area contributed by atoms with Crippen molar-refractivity contribution in [2.75, 3.05) is 0 Å². The number of aromatic nitrogens is 2. The summed E-state index contributed by atoms with van der Waals surface area (Å²) in [6.45, 7) is 1.55. The Bertz CT molecular complexity index is 548. The summed E-state index contributed by atoms with van der Waals surface area (Å²) in [6, 6.07) is 1.45. The number of nitrogens with zero attached hydrogens (tertiary/aromatic N) is 2. The number of hydrogen-bond donors (Lipinski definition) is 0. The Kier molecular flexibility index (Phi) is 2.29. The van der Waals surface area contributed by atoms with E-state index in [1.807, 2.05) is 0 Å². The van der Waals surface area contributed by atoms with Gasteiger partial charge in [0, 0.05) is 5.39 Å². The minimum atomic E-state index is -4.64. The Morgan fingerprint density at radius 1 is 1.19 bits per heavy atom. The highest BCUT2D eigenvalue weighted by atomic mass is 19.4. The van der Waals surface area contributed by atoms with Crippen molar-refractivity contribution in [3.05, 3.63) is 35.3 Å². The molecule has 0 saturated heterocycles. The van der Waals surface area contributed by atoms with Gasteiger partial charge in [-0.25, -0.2) is 4.39 Å². The highest BCUT2D eigenvalue weighted by molar-refractivity contribution is 5.84. The molecule has 0 fully saturated rings. The number of halogens is 4. The van der Waals surface area contributed by atoms with Gasteiger partial charge in [0.05, 0.1) is 11.8 Å². The van der Waals surface area contributed by atoms with E-state index in [1.54, 1.807) is 6.92 Å². The van der Waals surface area contributed by atoms with E-state index in [1.165, 1.54) is 6.20 Å². The lowest BCUT2D eigenvalue weighted by atomic mass is 10.1. The second-order valence-corrected chi connectivity index (χ2v) is 3.37. The first kappa shape index (κ1) is 10.8. The van der Waals surface area contributed by atoms with Gasteiger partial charge in [-0.05, 0) is 24.6 Å². The van der Waals surface area contributed by atoms with Crippen molar-refractivity contribution >= 4 is 10.9 Å². The van der Waals surface area contributed by atoms with Crippen LogP contribution in [0.25, 0.3) is 10.9 Å². The van der Waals surface area contributed by atoms with E-state index in [9.17, 15) is 17.6 Å². The van der Waals surface area contributed by atoms with Crippen LogP contribution >= 0.6 is 0 Å². The van der Waals surface area contributed by atoms with E-state index in [0.717, 1.165) is 6.07 Å². The molecule has 6 heteroatoms. The van der Waals surface area contributed by atoms with E-state index in [4.69, 9.17) is 0 Å². The van der Waals surface area contributed by atoms with Crippen LogP contribution in [0.1, 0.15) is 11.1 Å². The number of hydrogen-bond acceptors (Lipinski definition) is 2. The van der Waals surface area contributed by atoms with Crippen LogP contribution in [-0.4, -0.2) is 10.2 Å². The molecule has 1 aromatic carbocycles. The summed E-state index contributed by atoms with van der Waals surface area (Å²) in [4.78, 5) is 0. The molecule has 0 N–H and O–H groups in total. The third-order valence-corrected chi connectivity index (χ3v) is 2.21. The maximum absolute atomic E-state index is 13.1. The Morgan fingerprint density at radius 2 is 1.88 bits per heavy atom. The maximum atomic E-state index is 13.1. The number of aryl methyl sites for hydroxylation is 1. The fraction of sp³-hybridized carbons (Fsp3) is 0.200. The number of benzene rings is 1. The third kappa shape index (κ3) is 1.70. The normalized spacial score (nSPS) is 12.1.